The summed E-state index contributed by atoms with van der Waals surface area (Å²) in [6.07, 6.45) is 0. The molecule has 4 aromatic rings. The lowest BCUT2D eigenvalue weighted by Gasteiger charge is -2.22. The van der Waals surface area contributed by atoms with Crippen LogP contribution >= 0.6 is 11.6 Å². The maximum Gasteiger partial charge on any atom is 0.350 e. The third-order valence-electron chi connectivity index (χ3n) is 7.29. The Bertz CT molecular complexity index is 1730. The number of aliphatic hydroxyl groups is 1. The Labute approximate surface area is 260 Å². The number of hydrogen-bond acceptors (Lipinski definition) is 8. The van der Waals surface area contributed by atoms with E-state index in [0.717, 1.165) is 40.5 Å². The molecule has 0 amide bonds. The zero-order chi connectivity index (χ0) is 31.3. The van der Waals surface area contributed by atoms with Gasteiger partial charge in [-0.3, -0.25) is 5.32 Å². The van der Waals surface area contributed by atoms with Gasteiger partial charge >= 0.3 is 5.97 Å². The average molecular weight is 615 g/mol. The first-order valence-corrected chi connectivity index (χ1v) is 14.3. The second-order valence-corrected chi connectivity index (χ2v) is 10.9. The highest BCUT2D eigenvalue weighted by atomic mass is 35.5. The predicted octanol–water partition coefficient (Wildman–Crippen LogP) is 6.00. The molecule has 1 unspecified atom stereocenters. The molecule has 0 saturated heterocycles. The number of halogens is 1. The number of aliphatic carboxylic acids is 1. The number of carboxylic acids is 1. The zero-order valence-corrected chi connectivity index (χ0v) is 25.0. The van der Waals surface area contributed by atoms with Gasteiger partial charge in [0.2, 0.25) is 5.72 Å². The number of nitrogens with one attached hydrogen (secondary N) is 1. The van der Waals surface area contributed by atoms with Crippen LogP contribution in [-0.4, -0.2) is 35.1 Å². The van der Waals surface area contributed by atoms with Crippen molar-refractivity contribution in [2.45, 2.75) is 39.3 Å². The summed E-state index contributed by atoms with van der Waals surface area (Å²) >= 11 is 6.62. The second kappa shape index (κ2) is 13.3. The molecule has 0 spiro atoms. The second-order valence-electron chi connectivity index (χ2n) is 10.5. The quantitative estimate of drug-likeness (QED) is 0.174. The van der Waals surface area contributed by atoms with Gasteiger partial charge in [0.15, 0.2) is 11.5 Å². The average Bonchev–Trinajstić information content (AvgIpc) is 3.03. The van der Waals surface area contributed by atoms with Crippen molar-refractivity contribution in [1.82, 2.24) is 5.32 Å². The van der Waals surface area contributed by atoms with Crippen LogP contribution in [0.25, 0.3) is 11.1 Å². The summed E-state index contributed by atoms with van der Waals surface area (Å²) in [6, 6.07) is 24.3. The maximum atomic E-state index is 11.4. The lowest BCUT2D eigenvalue weighted by atomic mass is 9.96. The van der Waals surface area contributed by atoms with Crippen molar-refractivity contribution in [3.63, 3.8) is 0 Å². The van der Waals surface area contributed by atoms with Crippen molar-refractivity contribution in [2.24, 2.45) is 0 Å². The van der Waals surface area contributed by atoms with Crippen LogP contribution in [0.3, 0.4) is 0 Å². The molecule has 0 aromatic heterocycles. The summed E-state index contributed by atoms with van der Waals surface area (Å²) in [5.41, 5.74) is 3.63. The SMILES string of the molecule is Cc1c(COc2cc(OCc3cccc(C#N)c3)c(CNC(C)(O)C(=O)O)cc2Cl)cccc1-c1ccc2c(c1)OCCO2. The standard InChI is InChI=1S/C34H31ClN2O7/c1-21-25(7-4-8-27(21)24-9-10-29-32(15-24)42-12-11-41-29)20-44-31-16-30(43-19-23-6-3-5-22(13-23)17-36)26(14-28(31)35)18-37-34(2,40)33(38)39/h3-10,13-16,37,40H,11-12,18-20H2,1-2H3,(H,38,39). The van der Waals surface area contributed by atoms with Crippen LogP contribution in [0.1, 0.15) is 34.7 Å². The van der Waals surface area contributed by atoms with Crippen LogP contribution < -0.4 is 24.3 Å². The van der Waals surface area contributed by atoms with Gasteiger partial charge < -0.3 is 29.2 Å². The molecule has 10 heteroatoms. The molecule has 4 aromatic carbocycles. The van der Waals surface area contributed by atoms with Gasteiger partial charge in [-0.25, -0.2) is 4.79 Å². The number of fused-ring (bicyclic) bond motifs is 1. The van der Waals surface area contributed by atoms with Crippen LogP contribution in [0.15, 0.2) is 72.8 Å². The van der Waals surface area contributed by atoms with E-state index in [9.17, 15) is 20.3 Å². The van der Waals surface area contributed by atoms with Crippen molar-refractivity contribution in [1.29, 1.82) is 5.26 Å². The number of carboxylic acid groups (broad SMARTS) is 1. The van der Waals surface area contributed by atoms with Gasteiger partial charge in [-0.1, -0.05) is 48.0 Å². The first kappa shape index (κ1) is 30.7. The molecule has 0 aliphatic carbocycles. The first-order chi connectivity index (χ1) is 21.1. The highest BCUT2D eigenvalue weighted by Crippen LogP contribution is 2.37. The van der Waals surface area contributed by atoms with Gasteiger partial charge in [-0.2, -0.15) is 5.26 Å². The molecule has 1 aliphatic heterocycles. The van der Waals surface area contributed by atoms with Crippen LogP contribution in [0.4, 0.5) is 0 Å². The van der Waals surface area contributed by atoms with Crippen molar-refractivity contribution in [2.75, 3.05) is 13.2 Å². The van der Waals surface area contributed by atoms with E-state index in [4.69, 9.17) is 30.5 Å². The van der Waals surface area contributed by atoms with E-state index >= 15 is 0 Å². The maximum absolute atomic E-state index is 11.4. The van der Waals surface area contributed by atoms with Gasteiger partial charge in [-0.05, 0) is 72.0 Å². The summed E-state index contributed by atoms with van der Waals surface area (Å²) in [7, 11) is 0. The molecule has 9 nitrogen and oxygen atoms in total. The minimum atomic E-state index is -2.17. The van der Waals surface area contributed by atoms with Crippen LogP contribution in [-0.2, 0) is 24.6 Å². The molecule has 1 atom stereocenters. The van der Waals surface area contributed by atoms with E-state index in [1.54, 1.807) is 30.3 Å². The van der Waals surface area contributed by atoms with Crippen LogP contribution in [0.2, 0.25) is 5.02 Å². The highest BCUT2D eigenvalue weighted by Gasteiger charge is 2.29. The Morgan fingerprint density at radius 3 is 2.50 bits per heavy atom. The number of hydrogen-bond donors (Lipinski definition) is 3. The summed E-state index contributed by atoms with van der Waals surface area (Å²) in [5, 5.41) is 31.6. The Kier molecular flexibility index (Phi) is 9.26. The lowest BCUT2D eigenvalue weighted by molar-refractivity contribution is -0.160. The molecule has 226 valence electrons. The fourth-order valence-corrected chi connectivity index (χ4v) is 4.95. The zero-order valence-electron chi connectivity index (χ0n) is 24.2. The van der Waals surface area contributed by atoms with E-state index in [-0.39, 0.29) is 24.8 Å². The third kappa shape index (κ3) is 7.06. The Balaban J connectivity index is 1.38. The van der Waals surface area contributed by atoms with Gasteiger partial charge in [0, 0.05) is 18.2 Å². The van der Waals surface area contributed by atoms with E-state index in [0.29, 0.717) is 41.6 Å². The minimum absolute atomic E-state index is 0.0520. The Morgan fingerprint density at radius 2 is 1.73 bits per heavy atom. The van der Waals surface area contributed by atoms with Crippen LogP contribution in [0, 0.1) is 18.3 Å². The van der Waals surface area contributed by atoms with Crippen molar-refractivity contribution in [3.8, 4) is 40.2 Å². The van der Waals surface area contributed by atoms with Gasteiger partial charge in [-0.15, -0.1) is 0 Å². The molecule has 0 radical (unpaired) electrons. The number of carbonyl (C=O) groups is 1. The summed E-state index contributed by atoms with van der Waals surface area (Å²) in [6.45, 7) is 4.51. The Hall–Kier alpha value is -4.75. The van der Waals surface area contributed by atoms with Crippen molar-refractivity contribution < 1.29 is 34.0 Å². The molecule has 1 heterocycles. The molecular formula is C34H31ClN2O7. The smallest absolute Gasteiger partial charge is 0.350 e. The first-order valence-electron chi connectivity index (χ1n) is 13.9. The number of benzene rings is 4. The summed E-state index contributed by atoms with van der Waals surface area (Å²) < 4.78 is 23.7. The van der Waals surface area contributed by atoms with Gasteiger partial charge in [0.1, 0.15) is 37.9 Å². The molecular weight excluding hydrogens is 584 g/mol. The van der Waals surface area contributed by atoms with Crippen molar-refractivity contribution in [3.05, 3.63) is 106 Å². The van der Waals surface area contributed by atoms with Gasteiger partial charge in [0.05, 0.1) is 16.7 Å². The molecule has 3 N–H and O–H groups in total. The third-order valence-corrected chi connectivity index (χ3v) is 7.58. The number of nitriles is 1. The predicted molar refractivity (Wildman–Crippen MR) is 164 cm³/mol. The monoisotopic (exact) mass is 614 g/mol. The van der Waals surface area contributed by atoms with Crippen molar-refractivity contribution >= 4 is 17.6 Å². The fraction of sp³-hybridized carbons (Fsp3) is 0.235. The normalized spacial score (nSPS) is 13.4. The highest BCUT2D eigenvalue weighted by molar-refractivity contribution is 6.32. The van der Waals surface area contributed by atoms with E-state index < -0.39 is 11.7 Å². The number of ether oxygens (including phenoxy) is 4. The lowest BCUT2D eigenvalue weighted by Crippen LogP contribution is -2.48. The minimum Gasteiger partial charge on any atom is -0.488 e. The van der Waals surface area contributed by atoms with Crippen LogP contribution in [0.5, 0.6) is 23.0 Å². The Morgan fingerprint density at radius 1 is 0.977 bits per heavy atom. The topological polar surface area (TPSA) is 130 Å². The van der Waals surface area contributed by atoms with E-state index in [1.807, 2.05) is 49.4 Å². The molecule has 1 aliphatic rings. The molecule has 0 bridgehead atoms. The molecule has 0 fully saturated rings. The summed E-state index contributed by atoms with van der Waals surface area (Å²) in [4.78, 5) is 11.4. The molecule has 5 rings (SSSR count). The number of rotatable bonds is 11. The molecule has 44 heavy (non-hydrogen) atoms. The van der Waals surface area contributed by atoms with Gasteiger partial charge in [0.25, 0.3) is 0 Å². The van der Waals surface area contributed by atoms with E-state index in [1.165, 1.54) is 0 Å². The largest absolute Gasteiger partial charge is 0.488 e. The summed E-state index contributed by atoms with van der Waals surface area (Å²) in [5.74, 6) is 0.765. The van der Waals surface area contributed by atoms with E-state index in [2.05, 4.69) is 11.4 Å². The fourth-order valence-electron chi connectivity index (χ4n) is 4.71. The molecule has 0 saturated carbocycles. The number of nitrogens with zero attached hydrogens (tertiary/aromatic N) is 1.